The first-order chi connectivity index (χ1) is 7.17. The number of halogens is 1. The number of rotatable bonds is 4. The van der Waals surface area contributed by atoms with E-state index in [1.807, 2.05) is 18.4 Å². The standard InChI is InChI=1S/C11H13BrO2S/c1-14-11(13)6-4-8-3-5-9(12)10(7-8)15-2/h3,5,7H,4,6H2,1-2H3. The van der Waals surface area contributed by atoms with Gasteiger partial charge in [0.05, 0.1) is 7.11 Å². The van der Waals surface area contributed by atoms with Gasteiger partial charge in [-0.15, -0.1) is 11.8 Å². The van der Waals surface area contributed by atoms with Gasteiger partial charge in [-0.2, -0.15) is 0 Å². The molecule has 82 valence electrons. The summed E-state index contributed by atoms with van der Waals surface area (Å²) in [5.74, 6) is -0.163. The molecular formula is C11H13BrO2S. The molecule has 0 fully saturated rings. The zero-order valence-electron chi connectivity index (χ0n) is 8.75. The lowest BCUT2D eigenvalue weighted by Gasteiger charge is -2.05. The predicted octanol–water partition coefficient (Wildman–Crippen LogP) is 3.28. The van der Waals surface area contributed by atoms with E-state index in [4.69, 9.17) is 0 Å². The molecule has 0 bridgehead atoms. The molecule has 0 N–H and O–H groups in total. The maximum Gasteiger partial charge on any atom is 0.305 e. The highest BCUT2D eigenvalue weighted by atomic mass is 79.9. The second kappa shape index (κ2) is 6.18. The largest absolute Gasteiger partial charge is 0.469 e. The first-order valence-corrected chi connectivity index (χ1v) is 6.58. The van der Waals surface area contributed by atoms with Crippen LogP contribution < -0.4 is 0 Å². The number of methoxy groups -OCH3 is 1. The van der Waals surface area contributed by atoms with E-state index in [9.17, 15) is 4.79 Å². The molecule has 0 atom stereocenters. The van der Waals surface area contributed by atoms with Crippen LogP contribution in [0, 0.1) is 0 Å². The van der Waals surface area contributed by atoms with Crippen LogP contribution in [0.3, 0.4) is 0 Å². The molecule has 2 nitrogen and oxygen atoms in total. The summed E-state index contributed by atoms with van der Waals surface area (Å²) in [7, 11) is 1.41. The summed E-state index contributed by atoms with van der Waals surface area (Å²) < 4.78 is 5.69. The number of hydrogen-bond acceptors (Lipinski definition) is 3. The normalized spacial score (nSPS) is 10.1. The Morgan fingerprint density at radius 1 is 1.53 bits per heavy atom. The van der Waals surface area contributed by atoms with Crippen LogP contribution >= 0.6 is 27.7 Å². The molecule has 0 aliphatic carbocycles. The zero-order valence-corrected chi connectivity index (χ0v) is 11.2. The van der Waals surface area contributed by atoms with Crippen molar-refractivity contribution in [1.82, 2.24) is 0 Å². The van der Waals surface area contributed by atoms with Gasteiger partial charge in [0.2, 0.25) is 0 Å². The monoisotopic (exact) mass is 288 g/mol. The molecule has 1 rings (SSSR count). The topological polar surface area (TPSA) is 26.3 Å². The van der Waals surface area contributed by atoms with E-state index >= 15 is 0 Å². The van der Waals surface area contributed by atoms with Crippen molar-refractivity contribution >= 4 is 33.7 Å². The van der Waals surface area contributed by atoms with Crippen molar-refractivity contribution < 1.29 is 9.53 Å². The number of ether oxygens (including phenoxy) is 1. The number of hydrogen-bond donors (Lipinski definition) is 0. The first kappa shape index (κ1) is 12.6. The Bertz CT molecular complexity index is 352. The lowest BCUT2D eigenvalue weighted by Crippen LogP contribution is -2.01. The minimum Gasteiger partial charge on any atom is -0.469 e. The maximum atomic E-state index is 11.0. The Hall–Kier alpha value is -0.480. The predicted molar refractivity (Wildman–Crippen MR) is 66.3 cm³/mol. The molecule has 0 aliphatic rings. The molecule has 0 spiro atoms. The third-order valence-electron chi connectivity index (χ3n) is 2.06. The van der Waals surface area contributed by atoms with Crippen molar-refractivity contribution in [1.29, 1.82) is 0 Å². The minimum atomic E-state index is -0.163. The van der Waals surface area contributed by atoms with E-state index in [1.165, 1.54) is 12.0 Å². The Kier molecular flexibility index (Phi) is 5.19. The SMILES string of the molecule is COC(=O)CCc1ccc(Br)c(SC)c1. The van der Waals surface area contributed by atoms with Crippen molar-refractivity contribution in [2.24, 2.45) is 0 Å². The summed E-state index contributed by atoms with van der Waals surface area (Å²) in [6, 6.07) is 6.13. The third kappa shape index (κ3) is 3.87. The molecule has 15 heavy (non-hydrogen) atoms. The molecule has 0 amide bonds. The van der Waals surface area contributed by atoms with Gasteiger partial charge in [0, 0.05) is 15.8 Å². The van der Waals surface area contributed by atoms with Crippen LogP contribution in [0.1, 0.15) is 12.0 Å². The van der Waals surface area contributed by atoms with Gasteiger partial charge in [-0.25, -0.2) is 0 Å². The summed E-state index contributed by atoms with van der Waals surface area (Å²) >= 11 is 5.16. The van der Waals surface area contributed by atoms with Gasteiger partial charge < -0.3 is 4.74 Å². The van der Waals surface area contributed by atoms with Crippen LogP contribution in [0.5, 0.6) is 0 Å². The second-order valence-electron chi connectivity index (χ2n) is 3.05. The highest BCUT2D eigenvalue weighted by molar-refractivity contribution is 9.10. The van der Waals surface area contributed by atoms with E-state index in [-0.39, 0.29) is 5.97 Å². The summed E-state index contributed by atoms with van der Waals surface area (Å²) in [6.07, 6.45) is 3.20. The molecule has 0 unspecified atom stereocenters. The van der Waals surface area contributed by atoms with Gasteiger partial charge in [-0.1, -0.05) is 6.07 Å². The van der Waals surface area contributed by atoms with E-state index in [1.54, 1.807) is 11.8 Å². The number of thioether (sulfide) groups is 1. The highest BCUT2D eigenvalue weighted by Gasteiger charge is 2.04. The fraction of sp³-hybridized carbons (Fsp3) is 0.364. The maximum absolute atomic E-state index is 11.0. The number of carbonyl (C=O) groups is 1. The van der Waals surface area contributed by atoms with Crippen molar-refractivity contribution in [2.45, 2.75) is 17.7 Å². The Morgan fingerprint density at radius 2 is 2.27 bits per heavy atom. The lowest BCUT2D eigenvalue weighted by molar-refractivity contribution is -0.140. The fourth-order valence-corrected chi connectivity index (χ4v) is 2.47. The van der Waals surface area contributed by atoms with Crippen molar-refractivity contribution in [3.8, 4) is 0 Å². The Balaban J connectivity index is 2.66. The fourth-order valence-electron chi connectivity index (χ4n) is 1.21. The first-order valence-electron chi connectivity index (χ1n) is 4.56. The highest BCUT2D eigenvalue weighted by Crippen LogP contribution is 2.26. The van der Waals surface area contributed by atoms with Crippen LogP contribution in [-0.2, 0) is 16.0 Å². The molecule has 4 heteroatoms. The van der Waals surface area contributed by atoms with Gasteiger partial charge in [-0.3, -0.25) is 4.79 Å². The molecule has 1 aromatic rings. The van der Waals surface area contributed by atoms with Crippen LogP contribution in [0.15, 0.2) is 27.6 Å². The van der Waals surface area contributed by atoms with E-state index in [0.717, 1.165) is 16.5 Å². The molecule has 0 saturated heterocycles. The van der Waals surface area contributed by atoms with Crippen molar-refractivity contribution in [3.63, 3.8) is 0 Å². The summed E-state index contributed by atoms with van der Waals surface area (Å²) in [4.78, 5) is 12.2. The molecule has 1 aromatic carbocycles. The quantitative estimate of drug-likeness (QED) is 0.628. The van der Waals surface area contributed by atoms with Crippen LogP contribution in [0.2, 0.25) is 0 Å². The third-order valence-corrected chi connectivity index (χ3v) is 3.79. The molecule has 0 aromatic heterocycles. The van der Waals surface area contributed by atoms with Crippen LogP contribution in [0.4, 0.5) is 0 Å². The zero-order chi connectivity index (χ0) is 11.3. The Labute approximate surface area is 103 Å². The lowest BCUT2D eigenvalue weighted by atomic mass is 10.1. The van der Waals surface area contributed by atoms with Crippen LogP contribution in [-0.4, -0.2) is 19.3 Å². The van der Waals surface area contributed by atoms with E-state index < -0.39 is 0 Å². The van der Waals surface area contributed by atoms with Gasteiger partial charge in [0.15, 0.2) is 0 Å². The van der Waals surface area contributed by atoms with Gasteiger partial charge >= 0.3 is 5.97 Å². The molecular weight excluding hydrogens is 276 g/mol. The number of aryl methyl sites for hydroxylation is 1. The van der Waals surface area contributed by atoms with Gasteiger partial charge in [0.25, 0.3) is 0 Å². The number of esters is 1. The molecule has 0 saturated carbocycles. The Morgan fingerprint density at radius 3 is 2.87 bits per heavy atom. The second-order valence-corrected chi connectivity index (χ2v) is 4.75. The average Bonchev–Trinajstić information content (AvgIpc) is 2.27. The number of carbonyl (C=O) groups excluding carboxylic acids is 1. The molecule has 0 heterocycles. The van der Waals surface area contributed by atoms with E-state index in [0.29, 0.717) is 6.42 Å². The summed E-state index contributed by atoms with van der Waals surface area (Å²) in [5, 5.41) is 0. The smallest absolute Gasteiger partial charge is 0.305 e. The minimum absolute atomic E-state index is 0.163. The van der Waals surface area contributed by atoms with Crippen molar-refractivity contribution in [3.05, 3.63) is 28.2 Å². The van der Waals surface area contributed by atoms with Gasteiger partial charge in [-0.05, 0) is 46.3 Å². The van der Waals surface area contributed by atoms with Gasteiger partial charge in [0.1, 0.15) is 0 Å². The van der Waals surface area contributed by atoms with Crippen LogP contribution in [0.25, 0.3) is 0 Å². The summed E-state index contributed by atoms with van der Waals surface area (Å²) in [5.41, 5.74) is 1.16. The van der Waals surface area contributed by atoms with Crippen molar-refractivity contribution in [2.75, 3.05) is 13.4 Å². The number of benzene rings is 1. The van der Waals surface area contributed by atoms with E-state index in [2.05, 4.69) is 26.7 Å². The molecule has 0 radical (unpaired) electrons. The summed E-state index contributed by atoms with van der Waals surface area (Å²) in [6.45, 7) is 0. The average molecular weight is 289 g/mol. The molecule has 0 aliphatic heterocycles.